The zero-order valence-corrected chi connectivity index (χ0v) is 14.1. The number of hydrogen-bond donors (Lipinski definition) is 0. The van der Waals surface area contributed by atoms with Crippen LogP contribution in [-0.2, 0) is 17.9 Å². The van der Waals surface area contributed by atoms with Gasteiger partial charge in [-0.25, -0.2) is 0 Å². The van der Waals surface area contributed by atoms with Crippen LogP contribution in [-0.4, -0.2) is 43.0 Å². The van der Waals surface area contributed by atoms with E-state index in [4.69, 9.17) is 11.6 Å². The van der Waals surface area contributed by atoms with Crippen LogP contribution in [0, 0.1) is 6.92 Å². The van der Waals surface area contributed by atoms with Gasteiger partial charge >= 0.3 is 0 Å². The van der Waals surface area contributed by atoms with E-state index in [1.165, 1.54) is 6.42 Å². The van der Waals surface area contributed by atoms with Crippen LogP contribution in [0.2, 0.25) is 5.02 Å². The Balaban J connectivity index is 1.61. The molecule has 124 valence electrons. The number of nitrogens with zero attached hydrogens (tertiary/aromatic N) is 5. The second-order valence-corrected chi connectivity index (χ2v) is 6.46. The maximum Gasteiger partial charge on any atom is 0.244 e. The highest BCUT2D eigenvalue weighted by atomic mass is 35.5. The predicted molar refractivity (Wildman–Crippen MR) is 88.2 cm³/mol. The van der Waals surface area contributed by atoms with Gasteiger partial charge in [-0.1, -0.05) is 11.6 Å². The number of rotatable bonds is 5. The second-order valence-electron chi connectivity index (χ2n) is 6.05. The summed E-state index contributed by atoms with van der Waals surface area (Å²) >= 11 is 6.02. The van der Waals surface area contributed by atoms with Crippen LogP contribution >= 0.6 is 11.6 Å². The molecule has 6 nitrogen and oxygen atoms in total. The Morgan fingerprint density at radius 2 is 2.26 bits per heavy atom. The van der Waals surface area contributed by atoms with Gasteiger partial charge in [-0.3, -0.25) is 14.2 Å². The van der Waals surface area contributed by atoms with Crippen molar-refractivity contribution in [2.75, 3.05) is 6.54 Å². The molecule has 7 heteroatoms. The molecule has 0 saturated carbocycles. The molecule has 23 heavy (non-hydrogen) atoms. The van der Waals surface area contributed by atoms with Crippen molar-refractivity contribution in [3.05, 3.63) is 35.4 Å². The van der Waals surface area contributed by atoms with E-state index in [9.17, 15) is 4.79 Å². The molecule has 0 unspecified atom stereocenters. The molecule has 1 aliphatic heterocycles. The standard InChI is InChI=1S/C16H22ClN5O/c1-13-15(17)11-21(19-13)12-16(23)22-9-3-2-5-14(22)6-10-20-8-4-7-18-20/h4,7-8,11,14H,2-3,5-6,9-10,12H2,1H3/t14-/m1/s1. The molecule has 0 bridgehead atoms. The largest absolute Gasteiger partial charge is 0.338 e. The number of piperidine rings is 1. The van der Waals surface area contributed by atoms with Crippen molar-refractivity contribution in [3.8, 4) is 0 Å². The third kappa shape index (κ3) is 3.93. The zero-order valence-electron chi connectivity index (χ0n) is 13.4. The first-order valence-corrected chi connectivity index (χ1v) is 8.48. The molecule has 1 aliphatic rings. The Kier molecular flexibility index (Phi) is 5.00. The third-order valence-electron chi connectivity index (χ3n) is 4.38. The summed E-state index contributed by atoms with van der Waals surface area (Å²) in [5.41, 5.74) is 0.758. The van der Waals surface area contributed by atoms with Crippen molar-refractivity contribution in [3.63, 3.8) is 0 Å². The van der Waals surface area contributed by atoms with Gasteiger partial charge in [-0.05, 0) is 38.7 Å². The van der Waals surface area contributed by atoms with Gasteiger partial charge in [-0.15, -0.1) is 0 Å². The van der Waals surface area contributed by atoms with Gasteiger partial charge in [-0.2, -0.15) is 10.2 Å². The molecule has 0 aromatic carbocycles. The molecule has 0 N–H and O–H groups in total. The van der Waals surface area contributed by atoms with E-state index < -0.39 is 0 Å². The number of carbonyl (C=O) groups is 1. The number of halogens is 1. The van der Waals surface area contributed by atoms with Crippen molar-refractivity contribution in [1.82, 2.24) is 24.5 Å². The Morgan fingerprint density at radius 1 is 1.39 bits per heavy atom. The van der Waals surface area contributed by atoms with Crippen molar-refractivity contribution >= 4 is 17.5 Å². The lowest BCUT2D eigenvalue weighted by molar-refractivity contribution is -0.136. The number of amides is 1. The first-order valence-electron chi connectivity index (χ1n) is 8.10. The van der Waals surface area contributed by atoms with Crippen LogP contribution in [0.5, 0.6) is 0 Å². The summed E-state index contributed by atoms with van der Waals surface area (Å²) in [5, 5.41) is 9.12. The third-order valence-corrected chi connectivity index (χ3v) is 4.75. The minimum absolute atomic E-state index is 0.120. The Labute approximate surface area is 141 Å². The molecule has 1 atom stereocenters. The van der Waals surface area contributed by atoms with Crippen LogP contribution in [0.15, 0.2) is 24.7 Å². The quantitative estimate of drug-likeness (QED) is 0.843. The molecule has 3 heterocycles. The van der Waals surface area contributed by atoms with Crippen molar-refractivity contribution < 1.29 is 4.79 Å². The van der Waals surface area contributed by atoms with Gasteiger partial charge in [0, 0.05) is 37.7 Å². The summed E-state index contributed by atoms with van der Waals surface area (Å²) in [7, 11) is 0. The summed E-state index contributed by atoms with van der Waals surface area (Å²) in [5.74, 6) is 0.120. The molecule has 2 aromatic rings. The first kappa shape index (κ1) is 16.1. The van der Waals surface area contributed by atoms with Crippen LogP contribution < -0.4 is 0 Å². The fraction of sp³-hybridized carbons (Fsp3) is 0.562. The SMILES string of the molecule is Cc1nn(CC(=O)N2CCCC[C@@H]2CCn2cccn2)cc1Cl. The number of hydrogen-bond acceptors (Lipinski definition) is 3. The Hall–Kier alpha value is -1.82. The highest BCUT2D eigenvalue weighted by Gasteiger charge is 2.26. The van der Waals surface area contributed by atoms with Crippen LogP contribution in [0.3, 0.4) is 0 Å². The average molecular weight is 336 g/mol. The molecule has 1 amide bonds. The topological polar surface area (TPSA) is 56.0 Å². The monoisotopic (exact) mass is 335 g/mol. The van der Waals surface area contributed by atoms with Crippen LogP contribution in [0.1, 0.15) is 31.4 Å². The van der Waals surface area contributed by atoms with E-state index in [1.54, 1.807) is 17.1 Å². The second kappa shape index (κ2) is 7.17. The highest BCUT2D eigenvalue weighted by Crippen LogP contribution is 2.21. The molecular formula is C16H22ClN5O. The fourth-order valence-corrected chi connectivity index (χ4v) is 3.30. The predicted octanol–water partition coefficient (Wildman–Crippen LogP) is 2.51. The molecule has 3 rings (SSSR count). The van der Waals surface area contributed by atoms with Gasteiger partial charge in [0.2, 0.25) is 5.91 Å². The van der Waals surface area contributed by atoms with Crippen molar-refractivity contribution in [2.45, 2.75) is 51.7 Å². The minimum Gasteiger partial charge on any atom is -0.338 e. The van der Waals surface area contributed by atoms with Gasteiger partial charge < -0.3 is 4.90 Å². The summed E-state index contributed by atoms with van der Waals surface area (Å²) < 4.78 is 3.56. The zero-order chi connectivity index (χ0) is 16.2. The summed E-state index contributed by atoms with van der Waals surface area (Å²) in [6.45, 7) is 3.77. The average Bonchev–Trinajstić information content (AvgIpc) is 3.16. The smallest absolute Gasteiger partial charge is 0.244 e. The molecule has 1 fully saturated rings. The maximum absolute atomic E-state index is 12.7. The van der Waals surface area contributed by atoms with Gasteiger partial charge in [0.25, 0.3) is 0 Å². The van der Waals surface area contributed by atoms with Gasteiger partial charge in [0.05, 0.1) is 10.7 Å². The van der Waals surface area contributed by atoms with Crippen LogP contribution in [0.4, 0.5) is 0 Å². The lowest BCUT2D eigenvalue weighted by Crippen LogP contribution is -2.45. The maximum atomic E-state index is 12.7. The molecule has 0 radical (unpaired) electrons. The van der Waals surface area contributed by atoms with Crippen molar-refractivity contribution in [1.29, 1.82) is 0 Å². The van der Waals surface area contributed by atoms with E-state index in [1.807, 2.05) is 28.8 Å². The molecular weight excluding hydrogens is 314 g/mol. The normalized spacial score (nSPS) is 18.3. The molecule has 1 saturated heterocycles. The van der Waals surface area contributed by atoms with Crippen LogP contribution in [0.25, 0.3) is 0 Å². The molecule has 0 aliphatic carbocycles. The van der Waals surface area contributed by atoms with E-state index in [0.717, 1.165) is 38.0 Å². The minimum atomic E-state index is 0.120. The van der Waals surface area contributed by atoms with E-state index in [0.29, 0.717) is 5.02 Å². The summed E-state index contributed by atoms with van der Waals surface area (Å²) in [6, 6.07) is 2.21. The Morgan fingerprint density at radius 3 is 2.96 bits per heavy atom. The molecule has 0 spiro atoms. The first-order chi connectivity index (χ1) is 11.1. The van der Waals surface area contributed by atoms with E-state index in [2.05, 4.69) is 10.2 Å². The number of aryl methyl sites for hydroxylation is 2. The summed E-state index contributed by atoms with van der Waals surface area (Å²) in [6.07, 6.45) is 9.72. The van der Waals surface area contributed by atoms with E-state index in [-0.39, 0.29) is 18.5 Å². The number of carbonyl (C=O) groups excluding carboxylic acids is 1. The highest BCUT2D eigenvalue weighted by molar-refractivity contribution is 6.31. The number of likely N-dealkylation sites (tertiary alicyclic amines) is 1. The van der Waals surface area contributed by atoms with Crippen molar-refractivity contribution in [2.24, 2.45) is 0 Å². The Bertz CT molecular complexity index is 632. The lowest BCUT2D eigenvalue weighted by Gasteiger charge is -2.36. The fourth-order valence-electron chi connectivity index (χ4n) is 3.15. The van der Waals surface area contributed by atoms with Gasteiger partial charge in [0.1, 0.15) is 6.54 Å². The summed E-state index contributed by atoms with van der Waals surface area (Å²) in [4.78, 5) is 14.7. The lowest BCUT2D eigenvalue weighted by atomic mass is 9.99. The molecule has 2 aromatic heterocycles. The van der Waals surface area contributed by atoms with E-state index >= 15 is 0 Å². The number of aromatic nitrogens is 4. The van der Waals surface area contributed by atoms with Gasteiger partial charge in [0.15, 0.2) is 0 Å².